The Morgan fingerprint density at radius 1 is 1.22 bits per heavy atom. The zero-order chi connectivity index (χ0) is 27.0. The third-order valence-corrected chi connectivity index (χ3v) is 8.92. The lowest BCUT2D eigenvalue weighted by Gasteiger charge is -2.34. The second-order valence-electron chi connectivity index (χ2n) is 8.76. The van der Waals surface area contributed by atoms with Gasteiger partial charge in [0.05, 0.1) is 15.1 Å². The van der Waals surface area contributed by atoms with Crippen LogP contribution in [0.3, 0.4) is 0 Å². The van der Waals surface area contributed by atoms with Crippen LogP contribution in [0.2, 0.25) is 0 Å². The van der Waals surface area contributed by atoms with Gasteiger partial charge in [-0.1, -0.05) is 6.07 Å². The van der Waals surface area contributed by atoms with Crippen molar-refractivity contribution >= 4 is 55.9 Å². The van der Waals surface area contributed by atoms with Gasteiger partial charge in [0.25, 0.3) is 0 Å². The molecule has 0 spiro atoms. The quantitative estimate of drug-likeness (QED) is 0.392. The summed E-state index contributed by atoms with van der Waals surface area (Å²) in [7, 11) is -4.03. The summed E-state index contributed by atoms with van der Waals surface area (Å²) in [4.78, 5) is 18.9. The Bertz CT molecular complexity index is 1390. The number of nitrogens with one attached hydrogen (secondary N) is 1. The molecule has 2 amide bonds. The van der Waals surface area contributed by atoms with Crippen molar-refractivity contribution in [3.63, 3.8) is 0 Å². The first-order valence-corrected chi connectivity index (χ1v) is 14.1. The molecule has 8 nitrogen and oxygen atoms in total. The molecular formula is C23H25F3N4O4S3. The number of benzene rings is 2. The summed E-state index contributed by atoms with van der Waals surface area (Å²) in [6, 6.07) is 9.14. The van der Waals surface area contributed by atoms with Gasteiger partial charge in [-0.3, -0.25) is 4.90 Å². The molecule has 0 bridgehead atoms. The van der Waals surface area contributed by atoms with E-state index in [1.54, 1.807) is 4.90 Å². The Kier molecular flexibility index (Phi) is 7.93. The van der Waals surface area contributed by atoms with Gasteiger partial charge in [-0.15, -0.1) is 37.1 Å². The van der Waals surface area contributed by atoms with Crippen LogP contribution in [-0.2, 0) is 10.0 Å². The Morgan fingerprint density at radius 2 is 1.92 bits per heavy atom. The molecule has 14 heteroatoms. The highest BCUT2D eigenvalue weighted by atomic mass is 32.2. The molecule has 3 aromatic rings. The number of rotatable bonds is 6. The van der Waals surface area contributed by atoms with Gasteiger partial charge in [-0.2, -0.15) is 4.31 Å². The second kappa shape index (κ2) is 10.7. The first-order chi connectivity index (χ1) is 17.3. The fraction of sp³-hybridized carbons (Fsp3) is 0.391. The summed E-state index contributed by atoms with van der Waals surface area (Å²) in [6.07, 6.45) is -4.22. The first kappa shape index (κ1) is 27.5. The number of aromatic nitrogens is 1. The van der Waals surface area contributed by atoms with Gasteiger partial charge in [0.1, 0.15) is 10.1 Å². The van der Waals surface area contributed by atoms with Gasteiger partial charge >= 0.3 is 12.4 Å². The standard InChI is InChI=1S/C23H25F3N4O4S3/c1-14(2)30(16-6-7-19-20(12-16)36-22(35)28-19)21(31)27-15-8-10-29(11-9-15)37(32,33)18-5-3-4-17(13-18)34-23(24,25)26/h3-7,12-15H,8-11H2,1-2H3,(H,27,31)(H,28,35). The second-order valence-corrected chi connectivity index (χ2v) is 12.5. The van der Waals surface area contributed by atoms with Crippen LogP contribution in [0.1, 0.15) is 26.7 Å². The third kappa shape index (κ3) is 6.48. The smallest absolute Gasteiger partial charge is 0.406 e. The van der Waals surface area contributed by atoms with Crippen molar-refractivity contribution < 1.29 is 31.1 Å². The lowest BCUT2D eigenvalue weighted by Crippen LogP contribution is -2.51. The lowest BCUT2D eigenvalue weighted by atomic mass is 10.1. The van der Waals surface area contributed by atoms with Gasteiger partial charge in [0.15, 0.2) is 0 Å². The number of urea groups is 1. The monoisotopic (exact) mass is 574 g/mol. The number of alkyl halides is 3. The number of hydrogen-bond donors (Lipinski definition) is 2. The van der Waals surface area contributed by atoms with Gasteiger partial charge in [0, 0.05) is 36.9 Å². The zero-order valence-corrected chi connectivity index (χ0v) is 22.4. The number of carbonyl (C=O) groups excluding carboxylic acids is 1. The van der Waals surface area contributed by atoms with Crippen LogP contribution in [0.15, 0.2) is 51.7 Å². The number of sulfonamides is 1. The molecule has 37 heavy (non-hydrogen) atoms. The number of halogens is 3. The summed E-state index contributed by atoms with van der Waals surface area (Å²) in [5.41, 5.74) is 1.50. The first-order valence-electron chi connectivity index (χ1n) is 11.4. The molecule has 0 atom stereocenters. The number of nitrogens with zero attached hydrogens (tertiary/aromatic N) is 3. The number of anilines is 1. The molecule has 1 N–H and O–H groups in total. The van der Waals surface area contributed by atoms with Crippen LogP contribution < -0.4 is 15.0 Å². The molecule has 0 radical (unpaired) electrons. The van der Waals surface area contributed by atoms with Crippen molar-refractivity contribution in [3.05, 3.63) is 42.5 Å². The van der Waals surface area contributed by atoms with E-state index in [0.717, 1.165) is 22.3 Å². The van der Waals surface area contributed by atoms with E-state index < -0.39 is 22.1 Å². The maximum atomic E-state index is 13.2. The summed E-state index contributed by atoms with van der Waals surface area (Å²) >= 11 is 5.70. The molecule has 4 rings (SSSR count). The van der Waals surface area contributed by atoms with Crippen LogP contribution in [0.25, 0.3) is 10.2 Å². The molecule has 0 saturated carbocycles. The lowest BCUT2D eigenvalue weighted by molar-refractivity contribution is -0.274. The predicted octanol–water partition coefficient (Wildman–Crippen LogP) is 5.26. The van der Waals surface area contributed by atoms with Gasteiger partial charge in [0.2, 0.25) is 10.0 Å². The summed E-state index contributed by atoms with van der Waals surface area (Å²) in [5, 5.41) is 2.99. The molecular weight excluding hydrogens is 549 g/mol. The topological polar surface area (TPSA) is 91.8 Å². The van der Waals surface area contributed by atoms with Crippen LogP contribution >= 0.6 is 24.0 Å². The van der Waals surface area contributed by atoms with Crippen LogP contribution in [0.4, 0.5) is 23.7 Å². The minimum Gasteiger partial charge on any atom is -0.406 e. The van der Waals surface area contributed by atoms with Gasteiger partial charge in [-0.05, 0) is 57.0 Å². The molecule has 2 heterocycles. The van der Waals surface area contributed by atoms with E-state index in [1.807, 2.05) is 32.0 Å². The highest BCUT2D eigenvalue weighted by molar-refractivity contribution is 7.89. The minimum absolute atomic E-state index is 0.108. The predicted molar refractivity (Wildman–Crippen MR) is 138 cm³/mol. The molecule has 1 aliphatic heterocycles. The summed E-state index contributed by atoms with van der Waals surface area (Å²) in [5.74, 6) is -0.605. The molecule has 1 saturated heterocycles. The van der Waals surface area contributed by atoms with E-state index in [9.17, 15) is 26.4 Å². The van der Waals surface area contributed by atoms with E-state index in [0.29, 0.717) is 22.9 Å². The normalized spacial score (nSPS) is 15.8. The number of ether oxygens (including phenoxy) is 1. The van der Waals surface area contributed by atoms with Crippen molar-refractivity contribution in [2.45, 2.75) is 54.4 Å². The van der Waals surface area contributed by atoms with E-state index in [-0.39, 0.29) is 36.1 Å². The number of amides is 2. The number of hydrogen-bond acceptors (Lipinski definition) is 7. The van der Waals surface area contributed by atoms with Crippen molar-refractivity contribution in [3.8, 4) is 5.75 Å². The van der Waals surface area contributed by atoms with E-state index in [1.165, 1.54) is 27.8 Å². The van der Waals surface area contributed by atoms with E-state index >= 15 is 0 Å². The van der Waals surface area contributed by atoms with Crippen molar-refractivity contribution in [2.24, 2.45) is 0 Å². The number of piperidine rings is 1. The Labute approximate surface area is 221 Å². The summed E-state index contributed by atoms with van der Waals surface area (Å²) < 4.78 is 70.2. The summed E-state index contributed by atoms with van der Waals surface area (Å²) in [6.45, 7) is 4.01. The Balaban J connectivity index is 1.41. The Morgan fingerprint density at radius 3 is 2.57 bits per heavy atom. The zero-order valence-electron chi connectivity index (χ0n) is 19.9. The maximum absolute atomic E-state index is 13.2. The molecule has 1 aromatic heterocycles. The van der Waals surface area contributed by atoms with Crippen molar-refractivity contribution in [2.75, 3.05) is 18.0 Å². The SMILES string of the molecule is CC(C)N(C(=O)NC1CCN(S(=O)(=O)c2cccc(OC(F)(F)F)c2)CC1)c1ccc2nc(S)sc2c1. The highest BCUT2D eigenvalue weighted by Crippen LogP contribution is 2.30. The fourth-order valence-electron chi connectivity index (χ4n) is 4.17. The molecule has 1 fully saturated rings. The number of carbonyl (C=O) groups is 1. The highest BCUT2D eigenvalue weighted by Gasteiger charge is 2.34. The van der Waals surface area contributed by atoms with Crippen LogP contribution in [0, 0.1) is 0 Å². The molecule has 2 aromatic carbocycles. The third-order valence-electron chi connectivity index (χ3n) is 5.83. The molecule has 0 aliphatic carbocycles. The maximum Gasteiger partial charge on any atom is 0.573 e. The number of fused-ring (bicyclic) bond motifs is 1. The molecule has 0 unspecified atom stereocenters. The molecule has 200 valence electrons. The Hall–Kier alpha value is -2.55. The number of thiol groups is 1. The van der Waals surface area contributed by atoms with E-state index in [4.69, 9.17) is 0 Å². The average molecular weight is 575 g/mol. The fourth-order valence-corrected chi connectivity index (χ4v) is 6.81. The molecule has 1 aliphatic rings. The van der Waals surface area contributed by atoms with Gasteiger partial charge in [-0.25, -0.2) is 18.2 Å². The number of thiazole rings is 1. The van der Waals surface area contributed by atoms with Crippen molar-refractivity contribution in [1.82, 2.24) is 14.6 Å². The minimum atomic E-state index is -4.93. The van der Waals surface area contributed by atoms with Gasteiger partial charge < -0.3 is 10.1 Å². The van der Waals surface area contributed by atoms with Crippen LogP contribution in [0.5, 0.6) is 5.75 Å². The van der Waals surface area contributed by atoms with E-state index in [2.05, 4.69) is 27.7 Å². The largest absolute Gasteiger partial charge is 0.573 e. The van der Waals surface area contributed by atoms with Crippen molar-refractivity contribution in [1.29, 1.82) is 0 Å². The average Bonchev–Trinajstić information content (AvgIpc) is 3.17. The van der Waals surface area contributed by atoms with Crippen LogP contribution in [-0.4, -0.2) is 55.3 Å².